The molecule has 98 valence electrons. The van der Waals surface area contributed by atoms with Crippen LogP contribution < -0.4 is 9.47 Å². The van der Waals surface area contributed by atoms with E-state index in [2.05, 4.69) is 0 Å². The average molecular weight is 250 g/mol. The zero-order valence-corrected chi connectivity index (χ0v) is 10.6. The number of esters is 1. The van der Waals surface area contributed by atoms with Crippen LogP contribution in [-0.4, -0.2) is 25.8 Å². The Morgan fingerprint density at radius 1 is 1.28 bits per heavy atom. The number of fused-ring (bicyclic) bond motifs is 1. The van der Waals surface area contributed by atoms with Gasteiger partial charge in [-0.15, -0.1) is 0 Å². The zero-order chi connectivity index (χ0) is 12.8. The van der Waals surface area contributed by atoms with E-state index in [0.29, 0.717) is 26.2 Å². The van der Waals surface area contributed by atoms with Crippen LogP contribution in [0.4, 0.5) is 0 Å². The first kappa shape index (κ1) is 12.7. The van der Waals surface area contributed by atoms with E-state index in [9.17, 15) is 4.79 Å². The summed E-state index contributed by atoms with van der Waals surface area (Å²) < 4.78 is 15.9. The van der Waals surface area contributed by atoms with Crippen LogP contribution in [0.25, 0.3) is 0 Å². The number of rotatable bonds is 5. The summed E-state index contributed by atoms with van der Waals surface area (Å²) in [6, 6.07) is 5.92. The van der Waals surface area contributed by atoms with Gasteiger partial charge in [-0.3, -0.25) is 4.79 Å². The molecule has 1 aromatic rings. The van der Waals surface area contributed by atoms with Crippen molar-refractivity contribution in [1.29, 1.82) is 0 Å². The maximum absolute atomic E-state index is 11.2. The molecule has 0 spiro atoms. The van der Waals surface area contributed by atoms with Crippen molar-refractivity contribution in [2.24, 2.45) is 0 Å². The van der Waals surface area contributed by atoms with Crippen LogP contribution >= 0.6 is 0 Å². The van der Waals surface area contributed by atoms with Crippen LogP contribution in [0.1, 0.15) is 25.3 Å². The lowest BCUT2D eigenvalue weighted by atomic mass is 10.1. The van der Waals surface area contributed by atoms with Gasteiger partial charge in [0.25, 0.3) is 0 Å². The third-order valence-electron chi connectivity index (χ3n) is 2.76. The number of hydrogen-bond donors (Lipinski definition) is 0. The Labute approximate surface area is 107 Å². The lowest BCUT2D eigenvalue weighted by molar-refractivity contribution is -0.143. The van der Waals surface area contributed by atoms with Crippen molar-refractivity contribution in [2.75, 3.05) is 19.8 Å². The summed E-state index contributed by atoms with van der Waals surface area (Å²) in [6.07, 6.45) is 2.09. The Balaban J connectivity index is 1.84. The van der Waals surface area contributed by atoms with Crippen LogP contribution in [0, 0.1) is 0 Å². The summed E-state index contributed by atoms with van der Waals surface area (Å²) in [4.78, 5) is 11.2. The summed E-state index contributed by atoms with van der Waals surface area (Å²) in [5, 5.41) is 0. The third-order valence-corrected chi connectivity index (χ3v) is 2.76. The molecule has 1 aliphatic heterocycles. The summed E-state index contributed by atoms with van der Waals surface area (Å²) in [7, 11) is 0. The molecule has 1 aliphatic rings. The van der Waals surface area contributed by atoms with Crippen molar-refractivity contribution in [3.05, 3.63) is 23.8 Å². The van der Waals surface area contributed by atoms with E-state index in [4.69, 9.17) is 14.2 Å². The van der Waals surface area contributed by atoms with Crippen molar-refractivity contribution in [2.45, 2.75) is 26.2 Å². The highest BCUT2D eigenvalue weighted by Crippen LogP contribution is 2.31. The highest BCUT2D eigenvalue weighted by Gasteiger charge is 2.11. The number of carbonyl (C=O) groups is 1. The van der Waals surface area contributed by atoms with Crippen LogP contribution in [0.3, 0.4) is 0 Å². The van der Waals surface area contributed by atoms with Gasteiger partial charge in [0.1, 0.15) is 13.2 Å². The first-order valence-corrected chi connectivity index (χ1v) is 6.33. The lowest BCUT2D eigenvalue weighted by Crippen LogP contribution is -2.15. The zero-order valence-electron chi connectivity index (χ0n) is 10.6. The fourth-order valence-corrected chi connectivity index (χ4v) is 1.91. The van der Waals surface area contributed by atoms with Gasteiger partial charge in [-0.1, -0.05) is 6.07 Å². The fraction of sp³-hybridized carbons (Fsp3) is 0.500. The molecule has 18 heavy (non-hydrogen) atoms. The molecule has 0 atom stereocenters. The number of ether oxygens (including phenoxy) is 3. The molecule has 0 saturated carbocycles. The molecule has 0 radical (unpaired) electrons. The van der Waals surface area contributed by atoms with Gasteiger partial charge in [0.05, 0.1) is 6.61 Å². The fourth-order valence-electron chi connectivity index (χ4n) is 1.91. The molecular weight excluding hydrogens is 232 g/mol. The first-order chi connectivity index (χ1) is 8.79. The minimum Gasteiger partial charge on any atom is -0.486 e. The highest BCUT2D eigenvalue weighted by atomic mass is 16.6. The van der Waals surface area contributed by atoms with Gasteiger partial charge in [-0.05, 0) is 37.5 Å². The molecule has 0 bridgehead atoms. The molecule has 2 rings (SSSR count). The minimum absolute atomic E-state index is 0.130. The Bertz CT molecular complexity index is 414. The molecular formula is C14H18O4. The number of carbonyl (C=O) groups excluding carboxylic acids is 1. The Hall–Kier alpha value is -1.71. The van der Waals surface area contributed by atoms with E-state index in [0.717, 1.165) is 29.9 Å². The minimum atomic E-state index is -0.130. The van der Waals surface area contributed by atoms with Gasteiger partial charge in [0.2, 0.25) is 0 Å². The molecule has 0 aliphatic carbocycles. The lowest BCUT2D eigenvalue weighted by Gasteiger charge is -2.18. The second kappa shape index (κ2) is 6.28. The second-order valence-electron chi connectivity index (χ2n) is 4.14. The maximum Gasteiger partial charge on any atom is 0.305 e. The summed E-state index contributed by atoms with van der Waals surface area (Å²) in [5.74, 6) is 1.47. The first-order valence-electron chi connectivity index (χ1n) is 6.33. The number of benzene rings is 1. The van der Waals surface area contributed by atoms with Crippen LogP contribution in [0.15, 0.2) is 18.2 Å². The Kier molecular flexibility index (Phi) is 4.45. The highest BCUT2D eigenvalue weighted by molar-refractivity contribution is 5.69. The Morgan fingerprint density at radius 2 is 2.06 bits per heavy atom. The van der Waals surface area contributed by atoms with E-state index in [-0.39, 0.29) is 5.97 Å². The third kappa shape index (κ3) is 3.39. The van der Waals surface area contributed by atoms with Crippen molar-refractivity contribution in [3.8, 4) is 11.5 Å². The van der Waals surface area contributed by atoms with Gasteiger partial charge < -0.3 is 14.2 Å². The molecule has 0 unspecified atom stereocenters. The Morgan fingerprint density at radius 3 is 2.83 bits per heavy atom. The topological polar surface area (TPSA) is 44.8 Å². The van der Waals surface area contributed by atoms with Crippen LogP contribution in [0.2, 0.25) is 0 Å². The van der Waals surface area contributed by atoms with E-state index in [1.54, 1.807) is 0 Å². The summed E-state index contributed by atoms with van der Waals surface area (Å²) in [5.41, 5.74) is 1.16. The van der Waals surface area contributed by atoms with Crippen LogP contribution in [-0.2, 0) is 16.0 Å². The molecule has 4 heteroatoms. The van der Waals surface area contributed by atoms with Crippen molar-refractivity contribution in [1.82, 2.24) is 0 Å². The number of hydrogen-bond acceptors (Lipinski definition) is 4. The van der Waals surface area contributed by atoms with Gasteiger partial charge >= 0.3 is 5.97 Å². The standard InChI is InChI=1S/C14H18O4/c1-2-16-14(15)5-3-4-11-6-7-12-13(10-11)18-9-8-17-12/h6-7,10H,2-5,8-9H2,1H3. The largest absolute Gasteiger partial charge is 0.486 e. The van der Waals surface area contributed by atoms with E-state index in [1.807, 2.05) is 25.1 Å². The van der Waals surface area contributed by atoms with E-state index < -0.39 is 0 Å². The average Bonchev–Trinajstić information content (AvgIpc) is 2.39. The quantitative estimate of drug-likeness (QED) is 0.752. The van der Waals surface area contributed by atoms with Gasteiger partial charge in [-0.2, -0.15) is 0 Å². The van der Waals surface area contributed by atoms with E-state index in [1.165, 1.54) is 0 Å². The van der Waals surface area contributed by atoms with Crippen molar-refractivity contribution < 1.29 is 19.0 Å². The second-order valence-corrected chi connectivity index (χ2v) is 4.14. The normalized spacial score (nSPS) is 13.2. The van der Waals surface area contributed by atoms with Crippen LogP contribution in [0.5, 0.6) is 11.5 Å². The van der Waals surface area contributed by atoms with Crippen molar-refractivity contribution >= 4 is 5.97 Å². The van der Waals surface area contributed by atoms with Gasteiger partial charge in [-0.25, -0.2) is 0 Å². The number of aryl methyl sites for hydroxylation is 1. The molecule has 4 nitrogen and oxygen atoms in total. The molecule has 0 N–H and O–H groups in total. The molecule has 0 fully saturated rings. The molecule has 1 aromatic carbocycles. The smallest absolute Gasteiger partial charge is 0.305 e. The molecule has 0 saturated heterocycles. The molecule has 0 aromatic heterocycles. The molecule has 1 heterocycles. The summed E-state index contributed by atoms with van der Waals surface area (Å²) in [6.45, 7) is 3.47. The molecule has 0 amide bonds. The SMILES string of the molecule is CCOC(=O)CCCc1ccc2c(c1)OCCO2. The maximum atomic E-state index is 11.2. The summed E-state index contributed by atoms with van der Waals surface area (Å²) >= 11 is 0. The van der Waals surface area contributed by atoms with E-state index >= 15 is 0 Å². The van der Waals surface area contributed by atoms with Crippen molar-refractivity contribution in [3.63, 3.8) is 0 Å². The predicted molar refractivity (Wildman–Crippen MR) is 67.0 cm³/mol. The monoisotopic (exact) mass is 250 g/mol. The predicted octanol–water partition coefficient (Wildman–Crippen LogP) is 2.34. The van der Waals surface area contributed by atoms with Gasteiger partial charge in [0, 0.05) is 6.42 Å². The van der Waals surface area contributed by atoms with Gasteiger partial charge in [0.15, 0.2) is 11.5 Å².